The highest BCUT2D eigenvalue weighted by Gasteiger charge is 2.30. The largest absolute Gasteiger partial charge is 0.343 e. The maximum Gasteiger partial charge on any atom is 0.278 e. The van der Waals surface area contributed by atoms with Crippen LogP contribution in [0.3, 0.4) is 0 Å². The summed E-state index contributed by atoms with van der Waals surface area (Å²) in [6.07, 6.45) is 2.87. The maximum absolute atomic E-state index is 8.89. The zero-order valence-electron chi connectivity index (χ0n) is 7.53. The van der Waals surface area contributed by atoms with Gasteiger partial charge in [0.25, 0.3) is 5.97 Å². The predicted molar refractivity (Wildman–Crippen MR) is 46.1 cm³/mol. The van der Waals surface area contributed by atoms with E-state index >= 15 is 0 Å². The Morgan fingerprint density at radius 3 is 2.17 bits per heavy atom. The van der Waals surface area contributed by atoms with Crippen molar-refractivity contribution in [2.45, 2.75) is 38.6 Å². The highest BCUT2D eigenvalue weighted by molar-refractivity contribution is 4.66. The molecule has 0 heterocycles. The third-order valence-corrected chi connectivity index (χ3v) is 1.97. The van der Waals surface area contributed by atoms with Crippen LogP contribution < -0.4 is 5.73 Å². The third-order valence-electron chi connectivity index (χ3n) is 1.97. The molecule has 1 unspecified atom stereocenters. The first-order valence-electron chi connectivity index (χ1n) is 4.39. The van der Waals surface area contributed by atoms with Gasteiger partial charge in [-0.15, -0.1) is 0 Å². The Morgan fingerprint density at radius 1 is 1.25 bits per heavy atom. The summed E-state index contributed by atoms with van der Waals surface area (Å²) in [7, 11) is 0. The molecule has 0 bridgehead atoms. The molecule has 4 heteroatoms. The molecule has 0 aromatic heterocycles. The quantitative estimate of drug-likeness (QED) is 0.422. The first-order chi connectivity index (χ1) is 5.52. The van der Waals surface area contributed by atoms with Gasteiger partial charge in [0.1, 0.15) is 0 Å². The van der Waals surface area contributed by atoms with Crippen molar-refractivity contribution in [2.75, 3.05) is 6.54 Å². The fourth-order valence-corrected chi connectivity index (χ4v) is 1.18. The molecule has 0 spiro atoms. The number of nitrogens with two attached hydrogens (primary N) is 1. The van der Waals surface area contributed by atoms with Crippen molar-refractivity contribution < 1.29 is 15.3 Å². The van der Waals surface area contributed by atoms with Gasteiger partial charge in [0, 0.05) is 5.92 Å². The van der Waals surface area contributed by atoms with Crippen molar-refractivity contribution in [2.24, 2.45) is 11.7 Å². The van der Waals surface area contributed by atoms with Gasteiger partial charge in [-0.05, 0) is 19.4 Å². The lowest BCUT2D eigenvalue weighted by atomic mass is 9.96. The summed E-state index contributed by atoms with van der Waals surface area (Å²) in [6.45, 7) is 2.37. The molecule has 1 atom stereocenters. The number of hydrogen-bond donors (Lipinski definition) is 4. The Bertz CT molecular complexity index is 111. The van der Waals surface area contributed by atoms with E-state index in [2.05, 4.69) is 0 Å². The molecular formula is C8H19NO3. The van der Waals surface area contributed by atoms with E-state index in [0.29, 0.717) is 19.4 Å². The number of hydrogen-bond acceptors (Lipinski definition) is 4. The van der Waals surface area contributed by atoms with E-state index in [9.17, 15) is 0 Å². The summed E-state index contributed by atoms with van der Waals surface area (Å²) in [6, 6.07) is 0. The second-order valence-corrected chi connectivity index (χ2v) is 3.10. The van der Waals surface area contributed by atoms with Gasteiger partial charge in [-0.1, -0.05) is 19.8 Å². The molecule has 0 radical (unpaired) electrons. The molecule has 0 aromatic rings. The molecule has 5 N–H and O–H groups in total. The minimum absolute atomic E-state index is 0.359. The predicted octanol–water partition coefficient (Wildman–Crippen LogP) is -0.228. The molecule has 0 aliphatic carbocycles. The topological polar surface area (TPSA) is 86.7 Å². The van der Waals surface area contributed by atoms with Gasteiger partial charge in [-0.2, -0.15) is 0 Å². The van der Waals surface area contributed by atoms with Gasteiger partial charge < -0.3 is 21.1 Å². The van der Waals surface area contributed by atoms with Crippen LogP contribution in [0.1, 0.15) is 32.6 Å². The molecule has 0 aliphatic rings. The first kappa shape index (κ1) is 11.8. The van der Waals surface area contributed by atoms with Crippen LogP contribution >= 0.6 is 0 Å². The van der Waals surface area contributed by atoms with E-state index in [1.165, 1.54) is 0 Å². The molecule has 0 fully saturated rings. The second-order valence-electron chi connectivity index (χ2n) is 3.10. The zero-order chi connectivity index (χ0) is 9.61. The SMILES string of the molecule is CCCCC(CCN)C(O)(O)O. The third kappa shape index (κ3) is 4.66. The van der Waals surface area contributed by atoms with Crippen LogP contribution in [0.15, 0.2) is 0 Å². The van der Waals surface area contributed by atoms with Crippen LogP contribution in [0.2, 0.25) is 0 Å². The van der Waals surface area contributed by atoms with Crippen LogP contribution in [0.25, 0.3) is 0 Å². The van der Waals surface area contributed by atoms with Crippen LogP contribution in [-0.4, -0.2) is 27.8 Å². The van der Waals surface area contributed by atoms with Crippen LogP contribution in [-0.2, 0) is 0 Å². The lowest BCUT2D eigenvalue weighted by Gasteiger charge is -2.25. The number of aliphatic hydroxyl groups is 3. The van der Waals surface area contributed by atoms with Gasteiger partial charge in [-0.3, -0.25) is 0 Å². The summed E-state index contributed by atoms with van der Waals surface area (Å²) >= 11 is 0. The minimum atomic E-state index is -2.56. The smallest absolute Gasteiger partial charge is 0.278 e. The van der Waals surface area contributed by atoms with E-state index < -0.39 is 11.9 Å². The molecule has 0 amide bonds. The van der Waals surface area contributed by atoms with Gasteiger partial charge >= 0.3 is 0 Å². The average molecular weight is 177 g/mol. The Kier molecular flexibility index (Phi) is 5.41. The Morgan fingerprint density at radius 2 is 1.83 bits per heavy atom. The molecule has 4 nitrogen and oxygen atoms in total. The normalized spacial score (nSPS) is 14.8. The van der Waals surface area contributed by atoms with Gasteiger partial charge in [0.15, 0.2) is 0 Å². The molecule has 0 aliphatic heterocycles. The van der Waals surface area contributed by atoms with Crippen LogP contribution in [0.5, 0.6) is 0 Å². The average Bonchev–Trinajstić information content (AvgIpc) is 1.95. The molecule has 74 valence electrons. The Balaban J connectivity index is 3.86. The minimum Gasteiger partial charge on any atom is -0.343 e. The fourth-order valence-electron chi connectivity index (χ4n) is 1.18. The van der Waals surface area contributed by atoms with E-state index in [-0.39, 0.29) is 0 Å². The summed E-state index contributed by atoms with van der Waals surface area (Å²) in [5.41, 5.74) is 5.26. The van der Waals surface area contributed by atoms with Crippen LogP contribution in [0.4, 0.5) is 0 Å². The highest BCUT2D eigenvalue weighted by atomic mass is 16.7. The monoisotopic (exact) mass is 177 g/mol. The van der Waals surface area contributed by atoms with E-state index in [1.54, 1.807) is 0 Å². The summed E-state index contributed by atoms with van der Waals surface area (Å²) in [5.74, 6) is -3.09. The van der Waals surface area contributed by atoms with Crippen LogP contribution in [0, 0.1) is 5.92 Å². The standard InChI is InChI=1S/C8H19NO3/c1-2-3-4-7(5-6-9)8(10,11)12/h7,10-12H,2-6,9H2,1H3. The number of unbranched alkanes of at least 4 members (excludes halogenated alkanes) is 1. The van der Waals surface area contributed by atoms with Crippen molar-refractivity contribution >= 4 is 0 Å². The van der Waals surface area contributed by atoms with Gasteiger partial charge in [0.05, 0.1) is 0 Å². The maximum atomic E-state index is 8.89. The summed E-state index contributed by atoms with van der Waals surface area (Å²) in [4.78, 5) is 0. The highest BCUT2D eigenvalue weighted by Crippen LogP contribution is 2.21. The molecule has 12 heavy (non-hydrogen) atoms. The van der Waals surface area contributed by atoms with Crippen molar-refractivity contribution in [3.63, 3.8) is 0 Å². The molecule has 0 saturated carbocycles. The molecule has 0 aromatic carbocycles. The zero-order valence-corrected chi connectivity index (χ0v) is 7.53. The summed E-state index contributed by atoms with van der Waals surface area (Å²) < 4.78 is 0. The van der Waals surface area contributed by atoms with Gasteiger partial charge in [0.2, 0.25) is 0 Å². The molecule has 0 rings (SSSR count). The molecule has 0 saturated heterocycles. The second kappa shape index (κ2) is 5.48. The first-order valence-corrected chi connectivity index (χ1v) is 4.39. The Hall–Kier alpha value is -0.160. The van der Waals surface area contributed by atoms with E-state index in [0.717, 1.165) is 12.8 Å². The number of rotatable bonds is 6. The van der Waals surface area contributed by atoms with Gasteiger partial charge in [-0.25, -0.2) is 0 Å². The fraction of sp³-hybridized carbons (Fsp3) is 1.00. The van der Waals surface area contributed by atoms with E-state index in [4.69, 9.17) is 21.1 Å². The molecular weight excluding hydrogens is 158 g/mol. The lowest BCUT2D eigenvalue weighted by Crippen LogP contribution is -2.38. The lowest BCUT2D eigenvalue weighted by molar-refractivity contribution is -0.343. The van der Waals surface area contributed by atoms with Crippen molar-refractivity contribution in [3.05, 3.63) is 0 Å². The van der Waals surface area contributed by atoms with Crippen molar-refractivity contribution in [3.8, 4) is 0 Å². The van der Waals surface area contributed by atoms with E-state index in [1.807, 2.05) is 6.92 Å². The van der Waals surface area contributed by atoms with Crippen molar-refractivity contribution in [1.82, 2.24) is 0 Å². The van der Waals surface area contributed by atoms with Crippen molar-refractivity contribution in [1.29, 1.82) is 0 Å². The Labute approximate surface area is 73.0 Å². The summed E-state index contributed by atoms with van der Waals surface area (Å²) in [5, 5.41) is 26.7.